The highest BCUT2D eigenvalue weighted by Crippen LogP contribution is 2.28. The number of nitrogens with zero attached hydrogens (tertiary/aromatic N) is 1. The fourth-order valence-electron chi connectivity index (χ4n) is 3.76. The summed E-state index contributed by atoms with van der Waals surface area (Å²) in [6.45, 7) is 12.3. The first-order valence-corrected chi connectivity index (χ1v) is 8.03. The van der Waals surface area contributed by atoms with Gasteiger partial charge in [0.1, 0.15) is 0 Å². The van der Waals surface area contributed by atoms with Crippen molar-refractivity contribution in [2.24, 2.45) is 11.3 Å². The van der Waals surface area contributed by atoms with Crippen LogP contribution in [-0.2, 0) is 0 Å². The molecule has 2 nitrogen and oxygen atoms in total. The van der Waals surface area contributed by atoms with Crippen LogP contribution in [-0.4, -0.2) is 37.1 Å². The Morgan fingerprint density at radius 3 is 2.67 bits per heavy atom. The second-order valence-corrected chi connectivity index (χ2v) is 7.37. The van der Waals surface area contributed by atoms with Crippen LogP contribution in [0.3, 0.4) is 0 Å². The van der Waals surface area contributed by atoms with E-state index in [0.717, 1.165) is 12.0 Å². The number of nitrogens with one attached hydrogen (secondary N) is 1. The van der Waals surface area contributed by atoms with Crippen molar-refractivity contribution >= 4 is 0 Å². The van der Waals surface area contributed by atoms with E-state index in [2.05, 4.69) is 31.0 Å². The van der Waals surface area contributed by atoms with Crippen LogP contribution in [0.5, 0.6) is 0 Å². The van der Waals surface area contributed by atoms with Crippen molar-refractivity contribution in [1.82, 2.24) is 10.2 Å². The Morgan fingerprint density at radius 1 is 1.17 bits per heavy atom. The summed E-state index contributed by atoms with van der Waals surface area (Å²) in [6.07, 6.45) is 8.48. The Kier molecular flexibility index (Phi) is 5.08. The second kappa shape index (κ2) is 6.38. The SMILES string of the molecule is CC1CCCCC1NCCN1CCCC(C)(C)C1. The van der Waals surface area contributed by atoms with Crippen molar-refractivity contribution in [3.63, 3.8) is 0 Å². The van der Waals surface area contributed by atoms with E-state index in [1.807, 2.05) is 0 Å². The molecule has 1 aliphatic heterocycles. The van der Waals surface area contributed by atoms with Crippen molar-refractivity contribution in [3.8, 4) is 0 Å². The van der Waals surface area contributed by atoms with Crippen LogP contribution in [0.2, 0.25) is 0 Å². The Morgan fingerprint density at radius 2 is 1.94 bits per heavy atom. The fraction of sp³-hybridized carbons (Fsp3) is 1.00. The van der Waals surface area contributed by atoms with E-state index < -0.39 is 0 Å². The van der Waals surface area contributed by atoms with Gasteiger partial charge in [0.25, 0.3) is 0 Å². The van der Waals surface area contributed by atoms with Crippen LogP contribution in [0.15, 0.2) is 0 Å². The lowest BCUT2D eigenvalue weighted by atomic mass is 9.84. The molecule has 0 spiro atoms. The van der Waals surface area contributed by atoms with Crippen LogP contribution in [0, 0.1) is 11.3 Å². The zero-order valence-corrected chi connectivity index (χ0v) is 12.7. The third-order valence-corrected chi connectivity index (χ3v) is 4.93. The highest BCUT2D eigenvalue weighted by atomic mass is 15.2. The van der Waals surface area contributed by atoms with Gasteiger partial charge in [-0.3, -0.25) is 0 Å². The van der Waals surface area contributed by atoms with Crippen LogP contribution in [0.4, 0.5) is 0 Å². The highest BCUT2D eigenvalue weighted by molar-refractivity contribution is 4.82. The van der Waals surface area contributed by atoms with Gasteiger partial charge in [-0.2, -0.15) is 0 Å². The summed E-state index contributed by atoms with van der Waals surface area (Å²) >= 11 is 0. The van der Waals surface area contributed by atoms with E-state index in [9.17, 15) is 0 Å². The number of rotatable bonds is 4. The Labute approximate surface area is 114 Å². The standard InChI is InChI=1S/C16H32N2/c1-14-7-4-5-8-15(14)17-10-12-18-11-6-9-16(2,3)13-18/h14-15,17H,4-13H2,1-3H3. The molecular weight excluding hydrogens is 220 g/mol. The van der Waals surface area contributed by atoms with Gasteiger partial charge in [-0.05, 0) is 43.6 Å². The number of hydrogen-bond acceptors (Lipinski definition) is 2. The van der Waals surface area contributed by atoms with Gasteiger partial charge >= 0.3 is 0 Å². The predicted molar refractivity (Wildman–Crippen MR) is 78.9 cm³/mol. The molecule has 2 fully saturated rings. The van der Waals surface area contributed by atoms with E-state index in [1.54, 1.807) is 0 Å². The van der Waals surface area contributed by atoms with Gasteiger partial charge in [-0.15, -0.1) is 0 Å². The van der Waals surface area contributed by atoms with Crippen molar-refractivity contribution in [3.05, 3.63) is 0 Å². The summed E-state index contributed by atoms with van der Waals surface area (Å²) in [6, 6.07) is 0.788. The summed E-state index contributed by atoms with van der Waals surface area (Å²) in [5.74, 6) is 0.886. The molecule has 0 amide bonds. The molecule has 18 heavy (non-hydrogen) atoms. The van der Waals surface area contributed by atoms with E-state index in [1.165, 1.54) is 64.7 Å². The number of likely N-dealkylation sites (tertiary alicyclic amines) is 1. The number of hydrogen-bond donors (Lipinski definition) is 1. The molecule has 0 aromatic carbocycles. The third-order valence-electron chi connectivity index (χ3n) is 4.93. The van der Waals surface area contributed by atoms with Crippen LogP contribution < -0.4 is 5.32 Å². The fourth-order valence-corrected chi connectivity index (χ4v) is 3.76. The summed E-state index contributed by atoms with van der Waals surface area (Å²) in [4.78, 5) is 2.66. The molecule has 1 saturated carbocycles. The Bertz CT molecular complexity index is 249. The predicted octanol–water partition coefficient (Wildman–Crippen LogP) is 3.28. The quantitative estimate of drug-likeness (QED) is 0.826. The topological polar surface area (TPSA) is 15.3 Å². The largest absolute Gasteiger partial charge is 0.312 e. The van der Waals surface area contributed by atoms with Gasteiger partial charge in [0, 0.05) is 25.7 Å². The lowest BCUT2D eigenvalue weighted by molar-refractivity contribution is 0.116. The molecule has 0 aromatic heterocycles. The third kappa shape index (κ3) is 4.24. The van der Waals surface area contributed by atoms with Crippen LogP contribution in [0.25, 0.3) is 0 Å². The van der Waals surface area contributed by atoms with Crippen molar-refractivity contribution in [2.75, 3.05) is 26.2 Å². The smallest absolute Gasteiger partial charge is 0.0107 e. The summed E-state index contributed by atoms with van der Waals surface area (Å²) < 4.78 is 0. The Balaban J connectivity index is 1.65. The molecule has 2 heteroatoms. The van der Waals surface area contributed by atoms with E-state index in [-0.39, 0.29) is 0 Å². The van der Waals surface area contributed by atoms with E-state index in [4.69, 9.17) is 0 Å². The minimum atomic E-state index is 0.538. The monoisotopic (exact) mass is 252 g/mol. The minimum absolute atomic E-state index is 0.538. The van der Waals surface area contributed by atoms with Gasteiger partial charge < -0.3 is 10.2 Å². The first-order valence-electron chi connectivity index (χ1n) is 8.03. The average molecular weight is 252 g/mol. The molecule has 106 valence electrons. The van der Waals surface area contributed by atoms with E-state index in [0.29, 0.717) is 5.41 Å². The van der Waals surface area contributed by atoms with E-state index >= 15 is 0 Å². The summed E-state index contributed by atoms with van der Waals surface area (Å²) in [5, 5.41) is 3.80. The zero-order chi connectivity index (χ0) is 13.0. The van der Waals surface area contributed by atoms with Crippen LogP contribution >= 0.6 is 0 Å². The molecule has 1 heterocycles. The van der Waals surface area contributed by atoms with Crippen molar-refractivity contribution in [1.29, 1.82) is 0 Å². The lowest BCUT2D eigenvalue weighted by Crippen LogP contribution is -2.45. The van der Waals surface area contributed by atoms with Crippen LogP contribution in [0.1, 0.15) is 59.3 Å². The molecule has 1 aliphatic carbocycles. The van der Waals surface area contributed by atoms with Gasteiger partial charge in [0.15, 0.2) is 0 Å². The van der Waals surface area contributed by atoms with Gasteiger partial charge in [-0.1, -0.05) is 33.6 Å². The van der Waals surface area contributed by atoms with Crippen molar-refractivity contribution in [2.45, 2.75) is 65.3 Å². The summed E-state index contributed by atoms with van der Waals surface area (Å²) in [5.41, 5.74) is 0.538. The zero-order valence-electron chi connectivity index (χ0n) is 12.7. The Hall–Kier alpha value is -0.0800. The first-order chi connectivity index (χ1) is 8.57. The first kappa shape index (κ1) is 14.3. The number of piperidine rings is 1. The maximum absolute atomic E-state index is 3.80. The van der Waals surface area contributed by atoms with Crippen molar-refractivity contribution < 1.29 is 0 Å². The molecule has 0 bridgehead atoms. The van der Waals surface area contributed by atoms with Gasteiger partial charge in [0.2, 0.25) is 0 Å². The van der Waals surface area contributed by atoms with Gasteiger partial charge in [0.05, 0.1) is 0 Å². The van der Waals surface area contributed by atoms with Gasteiger partial charge in [-0.25, -0.2) is 0 Å². The molecule has 1 N–H and O–H groups in total. The second-order valence-electron chi connectivity index (χ2n) is 7.37. The maximum atomic E-state index is 3.80. The molecular formula is C16H32N2. The minimum Gasteiger partial charge on any atom is -0.312 e. The average Bonchev–Trinajstić information content (AvgIpc) is 2.30. The maximum Gasteiger partial charge on any atom is 0.0107 e. The molecule has 2 atom stereocenters. The molecule has 2 rings (SSSR count). The molecule has 0 aromatic rings. The molecule has 1 saturated heterocycles. The normalized spacial score (nSPS) is 33.5. The summed E-state index contributed by atoms with van der Waals surface area (Å²) in [7, 11) is 0. The molecule has 0 radical (unpaired) electrons. The molecule has 2 aliphatic rings. The molecule has 2 unspecified atom stereocenters. The highest BCUT2D eigenvalue weighted by Gasteiger charge is 2.26. The lowest BCUT2D eigenvalue weighted by Gasteiger charge is -2.38.